The van der Waals surface area contributed by atoms with E-state index in [2.05, 4.69) is 0 Å². The lowest BCUT2D eigenvalue weighted by Gasteiger charge is -2.10. The van der Waals surface area contributed by atoms with Crippen molar-refractivity contribution in [1.29, 1.82) is 0 Å². The second-order valence-corrected chi connectivity index (χ2v) is 4.85. The molecular weight excluding hydrogens is 273 g/mol. The summed E-state index contributed by atoms with van der Waals surface area (Å²) in [5.74, 6) is -0.00270. The first-order valence-electron chi connectivity index (χ1n) is 6.53. The lowest BCUT2D eigenvalue weighted by molar-refractivity contribution is 0.0997. The van der Waals surface area contributed by atoms with E-state index in [1.165, 1.54) is 19.2 Å². The van der Waals surface area contributed by atoms with Crippen LogP contribution in [0.25, 0.3) is 11.1 Å². The summed E-state index contributed by atoms with van der Waals surface area (Å²) < 4.78 is 24.2. The normalized spacial score (nSPS) is 12.7. The van der Waals surface area contributed by atoms with E-state index in [9.17, 15) is 9.18 Å². The molecule has 0 aromatic heterocycles. The van der Waals surface area contributed by atoms with Gasteiger partial charge in [-0.05, 0) is 41.0 Å². The molecule has 1 heterocycles. The molecule has 0 atom stereocenters. The Kier molecular flexibility index (Phi) is 3.25. The zero-order valence-corrected chi connectivity index (χ0v) is 11.5. The number of rotatable bonds is 3. The number of carbonyl (C=O) groups is 1. The predicted molar refractivity (Wildman–Crippen MR) is 76.1 cm³/mol. The molecule has 4 nitrogen and oxygen atoms in total. The zero-order valence-electron chi connectivity index (χ0n) is 11.5. The topological polar surface area (TPSA) is 61.5 Å². The highest BCUT2D eigenvalue weighted by Gasteiger charge is 2.21. The van der Waals surface area contributed by atoms with Crippen LogP contribution in [-0.2, 0) is 6.42 Å². The summed E-state index contributed by atoms with van der Waals surface area (Å²) in [5.41, 5.74) is 7.97. The van der Waals surface area contributed by atoms with Crippen LogP contribution in [0.5, 0.6) is 11.5 Å². The number of hydrogen-bond donors (Lipinski definition) is 1. The van der Waals surface area contributed by atoms with Gasteiger partial charge in [-0.15, -0.1) is 0 Å². The quantitative estimate of drug-likeness (QED) is 0.943. The number of carbonyl (C=O) groups excluding carboxylic acids is 1. The van der Waals surface area contributed by atoms with Gasteiger partial charge in [0.05, 0.1) is 19.3 Å². The summed E-state index contributed by atoms with van der Waals surface area (Å²) in [6, 6.07) is 7.93. The Morgan fingerprint density at radius 1 is 1.24 bits per heavy atom. The van der Waals surface area contributed by atoms with Crippen LogP contribution in [0.15, 0.2) is 30.3 Å². The molecule has 1 aliphatic heterocycles. The van der Waals surface area contributed by atoms with Crippen LogP contribution in [0.4, 0.5) is 4.39 Å². The molecule has 0 radical (unpaired) electrons. The minimum Gasteiger partial charge on any atom is -0.497 e. The molecule has 2 aromatic rings. The van der Waals surface area contributed by atoms with E-state index >= 15 is 0 Å². The lowest BCUT2D eigenvalue weighted by Crippen LogP contribution is -2.12. The van der Waals surface area contributed by atoms with Crippen molar-refractivity contribution >= 4 is 5.91 Å². The number of ether oxygens (including phenoxy) is 2. The first kappa shape index (κ1) is 13.4. The Balaban J connectivity index is 2.17. The summed E-state index contributed by atoms with van der Waals surface area (Å²) >= 11 is 0. The van der Waals surface area contributed by atoms with Crippen molar-refractivity contribution in [3.8, 4) is 22.6 Å². The van der Waals surface area contributed by atoms with Crippen LogP contribution in [0.2, 0.25) is 0 Å². The average Bonchev–Trinajstić information content (AvgIpc) is 2.93. The molecule has 1 aliphatic rings. The summed E-state index contributed by atoms with van der Waals surface area (Å²) in [6.07, 6.45) is 0.704. The Morgan fingerprint density at radius 2 is 2.00 bits per heavy atom. The molecule has 0 fully saturated rings. The summed E-state index contributed by atoms with van der Waals surface area (Å²) in [7, 11) is 1.48. The highest BCUT2D eigenvalue weighted by molar-refractivity contribution is 5.98. The van der Waals surface area contributed by atoms with Crippen molar-refractivity contribution in [2.45, 2.75) is 6.42 Å². The van der Waals surface area contributed by atoms with Crippen molar-refractivity contribution in [3.05, 3.63) is 47.3 Å². The van der Waals surface area contributed by atoms with Gasteiger partial charge in [0.2, 0.25) is 0 Å². The van der Waals surface area contributed by atoms with E-state index in [1.807, 2.05) is 6.07 Å². The first-order valence-corrected chi connectivity index (χ1v) is 6.53. The molecular formula is C16H14FNO3. The molecule has 0 saturated heterocycles. The molecule has 108 valence electrons. The van der Waals surface area contributed by atoms with E-state index in [4.69, 9.17) is 15.2 Å². The molecule has 2 N–H and O–H groups in total. The number of fused-ring (bicyclic) bond motifs is 1. The van der Waals surface area contributed by atoms with Gasteiger partial charge < -0.3 is 15.2 Å². The van der Waals surface area contributed by atoms with Crippen LogP contribution >= 0.6 is 0 Å². The largest absolute Gasteiger partial charge is 0.497 e. The third kappa shape index (κ3) is 2.42. The molecule has 0 unspecified atom stereocenters. The van der Waals surface area contributed by atoms with Gasteiger partial charge in [0, 0.05) is 12.5 Å². The minimum atomic E-state index is -0.557. The molecule has 5 heteroatoms. The molecule has 0 aliphatic carbocycles. The Labute approximate surface area is 121 Å². The van der Waals surface area contributed by atoms with Crippen molar-refractivity contribution < 1.29 is 18.7 Å². The van der Waals surface area contributed by atoms with Gasteiger partial charge in [-0.3, -0.25) is 4.79 Å². The standard InChI is InChI=1S/C16H14FNO3/c1-20-13-6-11(5-12(17)8-13)10-4-9-2-3-21-15(9)14(7-10)16(18)19/h4-8H,2-3H2,1H3,(H2,18,19). The van der Waals surface area contributed by atoms with Crippen molar-refractivity contribution in [3.63, 3.8) is 0 Å². The van der Waals surface area contributed by atoms with Gasteiger partial charge >= 0.3 is 0 Å². The second kappa shape index (κ2) is 5.09. The van der Waals surface area contributed by atoms with Gasteiger partial charge in [-0.1, -0.05) is 0 Å². The maximum Gasteiger partial charge on any atom is 0.252 e. The second-order valence-electron chi connectivity index (χ2n) is 4.85. The number of hydrogen-bond acceptors (Lipinski definition) is 3. The summed E-state index contributed by atoms with van der Waals surface area (Å²) in [5, 5.41) is 0. The predicted octanol–water partition coefficient (Wildman–Crippen LogP) is 2.54. The number of methoxy groups -OCH3 is 1. The number of nitrogens with two attached hydrogens (primary N) is 1. The number of primary amides is 1. The van der Waals surface area contributed by atoms with Crippen molar-refractivity contribution in [2.24, 2.45) is 5.73 Å². The maximum absolute atomic E-state index is 13.6. The number of amides is 1. The van der Waals surface area contributed by atoms with Gasteiger partial charge in [-0.2, -0.15) is 0 Å². The fourth-order valence-electron chi connectivity index (χ4n) is 2.51. The zero-order chi connectivity index (χ0) is 15.0. The van der Waals surface area contributed by atoms with Crippen LogP contribution in [0.1, 0.15) is 15.9 Å². The summed E-state index contributed by atoms with van der Waals surface area (Å²) in [6.45, 7) is 0.519. The molecule has 1 amide bonds. The summed E-state index contributed by atoms with van der Waals surface area (Å²) in [4.78, 5) is 11.6. The van der Waals surface area contributed by atoms with Gasteiger partial charge in [0.1, 0.15) is 17.3 Å². The highest BCUT2D eigenvalue weighted by Crippen LogP contribution is 2.35. The average molecular weight is 287 g/mol. The van der Waals surface area contributed by atoms with Gasteiger partial charge in [0.15, 0.2) is 0 Å². The molecule has 21 heavy (non-hydrogen) atoms. The van der Waals surface area contributed by atoms with Crippen LogP contribution < -0.4 is 15.2 Å². The van der Waals surface area contributed by atoms with Gasteiger partial charge in [0.25, 0.3) is 5.91 Å². The minimum absolute atomic E-state index is 0.322. The van der Waals surface area contributed by atoms with E-state index < -0.39 is 11.7 Å². The third-order valence-corrected chi connectivity index (χ3v) is 3.49. The first-order chi connectivity index (χ1) is 10.1. The molecule has 3 rings (SSSR count). The Hall–Kier alpha value is -2.56. The van der Waals surface area contributed by atoms with Crippen molar-refractivity contribution in [2.75, 3.05) is 13.7 Å². The fourth-order valence-corrected chi connectivity index (χ4v) is 2.51. The maximum atomic E-state index is 13.6. The smallest absolute Gasteiger partial charge is 0.252 e. The molecule has 0 bridgehead atoms. The Morgan fingerprint density at radius 3 is 2.71 bits per heavy atom. The van der Waals surface area contributed by atoms with E-state index in [0.29, 0.717) is 41.2 Å². The fraction of sp³-hybridized carbons (Fsp3) is 0.188. The van der Waals surface area contributed by atoms with Crippen LogP contribution in [-0.4, -0.2) is 19.6 Å². The lowest BCUT2D eigenvalue weighted by atomic mass is 9.97. The molecule has 0 saturated carbocycles. The SMILES string of the molecule is COc1cc(F)cc(-c2cc3c(c(C(N)=O)c2)OCC3)c1. The Bertz CT molecular complexity index is 728. The molecule has 2 aromatic carbocycles. The van der Waals surface area contributed by atoms with Crippen LogP contribution in [0.3, 0.4) is 0 Å². The molecule has 0 spiro atoms. The number of benzene rings is 2. The monoisotopic (exact) mass is 287 g/mol. The van der Waals surface area contributed by atoms with E-state index in [1.54, 1.807) is 12.1 Å². The highest BCUT2D eigenvalue weighted by atomic mass is 19.1. The van der Waals surface area contributed by atoms with Crippen LogP contribution in [0, 0.1) is 5.82 Å². The van der Waals surface area contributed by atoms with Crippen molar-refractivity contribution in [1.82, 2.24) is 0 Å². The van der Waals surface area contributed by atoms with E-state index in [0.717, 1.165) is 5.56 Å². The number of halogens is 1. The van der Waals surface area contributed by atoms with E-state index in [-0.39, 0.29) is 0 Å². The van der Waals surface area contributed by atoms with Gasteiger partial charge in [-0.25, -0.2) is 4.39 Å². The third-order valence-electron chi connectivity index (χ3n) is 3.49.